The van der Waals surface area contributed by atoms with Gasteiger partial charge in [-0.25, -0.2) is 0 Å². The van der Waals surface area contributed by atoms with Crippen LogP contribution in [0.1, 0.15) is 23.3 Å². The maximum absolute atomic E-state index is 12.3. The van der Waals surface area contributed by atoms with E-state index in [1.165, 1.54) is 25.9 Å². The average Bonchev–Trinajstić information content (AvgIpc) is 2.94. The minimum absolute atomic E-state index is 0.00206. The normalized spacial score (nSPS) is 22.6. The van der Waals surface area contributed by atoms with E-state index in [-0.39, 0.29) is 5.91 Å². The maximum atomic E-state index is 12.3. The molecule has 1 amide bonds. The Morgan fingerprint density at radius 1 is 1.24 bits per heavy atom. The molecule has 0 aromatic carbocycles. The van der Waals surface area contributed by atoms with Crippen molar-refractivity contribution in [2.24, 2.45) is 0 Å². The Labute approximate surface area is 125 Å². The summed E-state index contributed by atoms with van der Waals surface area (Å²) in [6.07, 6.45) is 2.48. The number of amides is 1. The largest absolute Gasteiger partial charge is 0.382 e. The summed E-state index contributed by atoms with van der Waals surface area (Å²) < 4.78 is 0. The number of nitrogens with two attached hydrogens (primary N) is 1. The lowest BCUT2D eigenvalue weighted by Crippen LogP contribution is -2.54. The molecule has 1 aromatic rings. The van der Waals surface area contributed by atoms with Gasteiger partial charge < -0.3 is 15.5 Å². The zero-order valence-corrected chi connectivity index (χ0v) is 12.6. The van der Waals surface area contributed by atoms with Crippen LogP contribution >= 0.6 is 0 Å². The first-order valence-electron chi connectivity index (χ1n) is 7.66. The number of aromatic amines is 1. The van der Waals surface area contributed by atoms with Gasteiger partial charge in [-0.05, 0) is 33.0 Å². The van der Waals surface area contributed by atoms with E-state index in [4.69, 9.17) is 5.73 Å². The first kappa shape index (κ1) is 14.3. The predicted octanol–water partition coefficient (Wildman–Crippen LogP) is -0.156. The van der Waals surface area contributed by atoms with Gasteiger partial charge in [-0.1, -0.05) is 0 Å². The highest BCUT2D eigenvalue weighted by Crippen LogP contribution is 2.18. The average molecular weight is 292 g/mol. The van der Waals surface area contributed by atoms with Crippen molar-refractivity contribution in [3.63, 3.8) is 0 Å². The van der Waals surface area contributed by atoms with Crippen LogP contribution in [0.15, 0.2) is 6.07 Å². The lowest BCUT2D eigenvalue weighted by Gasteiger charge is -2.42. The predicted molar refractivity (Wildman–Crippen MR) is 81.0 cm³/mol. The van der Waals surface area contributed by atoms with Gasteiger partial charge in [0.1, 0.15) is 11.5 Å². The highest BCUT2D eigenvalue weighted by atomic mass is 16.2. The van der Waals surface area contributed by atoms with Crippen LogP contribution in [-0.4, -0.2) is 83.2 Å². The van der Waals surface area contributed by atoms with E-state index in [9.17, 15) is 4.79 Å². The van der Waals surface area contributed by atoms with E-state index < -0.39 is 0 Å². The third-order valence-electron chi connectivity index (χ3n) is 4.63. The molecular weight excluding hydrogens is 268 g/mol. The van der Waals surface area contributed by atoms with Crippen molar-refractivity contribution in [2.45, 2.75) is 18.9 Å². The summed E-state index contributed by atoms with van der Waals surface area (Å²) in [5, 5.41) is 6.51. The van der Waals surface area contributed by atoms with E-state index in [2.05, 4.69) is 27.0 Å². The number of aromatic nitrogens is 2. The maximum Gasteiger partial charge on any atom is 0.272 e. The quantitative estimate of drug-likeness (QED) is 0.792. The SMILES string of the molecule is CN1CCC(N2CCN(C(=O)c3cc(N)n[nH]3)CC2)CC1. The third-order valence-corrected chi connectivity index (χ3v) is 4.63. The molecule has 3 heterocycles. The molecule has 3 N–H and O–H groups in total. The van der Waals surface area contributed by atoms with Crippen molar-refractivity contribution >= 4 is 11.7 Å². The summed E-state index contributed by atoms with van der Waals surface area (Å²) in [7, 11) is 2.18. The Bertz CT molecular complexity index is 485. The summed E-state index contributed by atoms with van der Waals surface area (Å²) in [6, 6.07) is 2.28. The molecule has 0 saturated carbocycles. The third kappa shape index (κ3) is 3.19. The number of nitrogens with zero attached hydrogens (tertiary/aromatic N) is 4. The van der Waals surface area contributed by atoms with E-state index in [0.29, 0.717) is 17.6 Å². The lowest BCUT2D eigenvalue weighted by molar-refractivity contribution is 0.0471. The summed E-state index contributed by atoms with van der Waals surface area (Å²) >= 11 is 0. The van der Waals surface area contributed by atoms with Gasteiger partial charge in [0.05, 0.1) is 0 Å². The van der Waals surface area contributed by atoms with Gasteiger partial charge in [-0.2, -0.15) is 5.10 Å². The molecule has 0 unspecified atom stereocenters. The van der Waals surface area contributed by atoms with Crippen molar-refractivity contribution in [1.29, 1.82) is 0 Å². The second-order valence-electron chi connectivity index (χ2n) is 6.07. The zero-order valence-electron chi connectivity index (χ0n) is 12.6. The first-order chi connectivity index (χ1) is 10.1. The summed E-state index contributed by atoms with van der Waals surface area (Å²) in [5.74, 6) is 0.366. The first-order valence-corrected chi connectivity index (χ1v) is 7.66. The molecular formula is C14H24N6O. The number of hydrogen-bond donors (Lipinski definition) is 2. The fraction of sp³-hybridized carbons (Fsp3) is 0.714. The van der Waals surface area contributed by atoms with Crippen LogP contribution in [0.5, 0.6) is 0 Å². The number of rotatable bonds is 2. The second-order valence-corrected chi connectivity index (χ2v) is 6.07. The van der Waals surface area contributed by atoms with E-state index in [0.717, 1.165) is 26.2 Å². The van der Waals surface area contributed by atoms with Crippen LogP contribution in [0.2, 0.25) is 0 Å². The number of piperidine rings is 1. The Kier molecular flexibility index (Phi) is 4.12. The number of nitrogen functional groups attached to an aromatic ring is 1. The summed E-state index contributed by atoms with van der Waals surface area (Å²) in [5.41, 5.74) is 6.04. The highest BCUT2D eigenvalue weighted by Gasteiger charge is 2.28. The van der Waals surface area contributed by atoms with Gasteiger partial charge in [-0.15, -0.1) is 0 Å². The van der Waals surface area contributed by atoms with Crippen LogP contribution in [0, 0.1) is 0 Å². The van der Waals surface area contributed by atoms with E-state index in [1.54, 1.807) is 6.07 Å². The Hall–Kier alpha value is -1.60. The molecule has 2 aliphatic heterocycles. The summed E-state index contributed by atoms with van der Waals surface area (Å²) in [4.78, 5) is 19.1. The zero-order chi connectivity index (χ0) is 14.8. The molecule has 2 saturated heterocycles. The van der Waals surface area contributed by atoms with Crippen molar-refractivity contribution in [3.05, 3.63) is 11.8 Å². The van der Waals surface area contributed by atoms with Gasteiger partial charge in [0, 0.05) is 38.3 Å². The van der Waals surface area contributed by atoms with Crippen molar-refractivity contribution in [2.75, 3.05) is 52.0 Å². The molecule has 116 valence electrons. The van der Waals surface area contributed by atoms with E-state index >= 15 is 0 Å². The van der Waals surface area contributed by atoms with Gasteiger partial charge >= 0.3 is 0 Å². The minimum Gasteiger partial charge on any atom is -0.382 e. The summed E-state index contributed by atoms with van der Waals surface area (Å²) in [6.45, 7) is 5.84. The van der Waals surface area contributed by atoms with E-state index in [1.807, 2.05) is 4.90 Å². The molecule has 3 rings (SSSR count). The van der Waals surface area contributed by atoms with Crippen molar-refractivity contribution < 1.29 is 4.79 Å². The van der Waals surface area contributed by atoms with Crippen LogP contribution in [-0.2, 0) is 0 Å². The Balaban J connectivity index is 1.52. The molecule has 7 nitrogen and oxygen atoms in total. The number of carbonyl (C=O) groups is 1. The van der Waals surface area contributed by atoms with Crippen LogP contribution in [0.4, 0.5) is 5.82 Å². The van der Waals surface area contributed by atoms with Gasteiger partial charge in [0.15, 0.2) is 0 Å². The Morgan fingerprint density at radius 2 is 1.90 bits per heavy atom. The number of anilines is 1. The van der Waals surface area contributed by atoms with Crippen molar-refractivity contribution in [3.8, 4) is 0 Å². The fourth-order valence-electron chi connectivity index (χ4n) is 3.27. The number of carbonyl (C=O) groups excluding carboxylic acids is 1. The monoisotopic (exact) mass is 292 g/mol. The number of nitrogens with one attached hydrogen (secondary N) is 1. The number of hydrogen-bond acceptors (Lipinski definition) is 5. The van der Waals surface area contributed by atoms with Crippen LogP contribution in [0.3, 0.4) is 0 Å². The number of likely N-dealkylation sites (tertiary alicyclic amines) is 1. The molecule has 0 bridgehead atoms. The van der Waals surface area contributed by atoms with Gasteiger partial charge in [-0.3, -0.25) is 14.8 Å². The van der Waals surface area contributed by atoms with Crippen LogP contribution < -0.4 is 5.73 Å². The molecule has 1 aromatic heterocycles. The standard InChI is InChI=1S/C14H24N6O/c1-18-4-2-11(3-5-18)19-6-8-20(9-7-19)14(21)12-10-13(15)17-16-12/h10-11H,2-9H2,1H3,(H3,15,16,17). The molecule has 2 aliphatic rings. The molecule has 0 aliphatic carbocycles. The number of piperazine rings is 1. The molecule has 2 fully saturated rings. The highest BCUT2D eigenvalue weighted by molar-refractivity contribution is 5.93. The molecule has 7 heteroatoms. The second kappa shape index (κ2) is 6.03. The Morgan fingerprint density at radius 3 is 2.48 bits per heavy atom. The van der Waals surface area contributed by atoms with Gasteiger partial charge in [0.2, 0.25) is 0 Å². The topological polar surface area (TPSA) is 81.5 Å². The smallest absolute Gasteiger partial charge is 0.272 e. The molecule has 0 atom stereocenters. The number of H-pyrrole nitrogens is 1. The molecule has 0 spiro atoms. The molecule has 21 heavy (non-hydrogen) atoms. The minimum atomic E-state index is 0.00206. The fourth-order valence-corrected chi connectivity index (χ4v) is 3.27. The molecule has 0 radical (unpaired) electrons. The lowest BCUT2D eigenvalue weighted by atomic mass is 10.0. The van der Waals surface area contributed by atoms with Gasteiger partial charge in [0.25, 0.3) is 5.91 Å². The van der Waals surface area contributed by atoms with Crippen molar-refractivity contribution in [1.82, 2.24) is 24.9 Å². The van der Waals surface area contributed by atoms with Crippen LogP contribution in [0.25, 0.3) is 0 Å².